The standard InChI is InChI=1S/C14H28N4O3/c1-4-7-18(9-8-17(2)3)13(19)14(12(15)16-20)5-10-21-11-6-14/h20H,4-11H2,1-3H3,(H2,15,16). The van der Waals surface area contributed by atoms with Gasteiger partial charge in [-0.05, 0) is 33.4 Å². The average Bonchev–Trinajstić information content (AvgIpc) is 2.50. The normalized spacial score (nSPS) is 18.8. The van der Waals surface area contributed by atoms with Crippen molar-refractivity contribution in [1.82, 2.24) is 9.80 Å². The number of rotatable bonds is 7. The number of amidine groups is 1. The largest absolute Gasteiger partial charge is 0.409 e. The molecule has 122 valence electrons. The van der Waals surface area contributed by atoms with Crippen LogP contribution in [-0.4, -0.2) is 73.7 Å². The van der Waals surface area contributed by atoms with Crippen LogP contribution in [0.15, 0.2) is 5.16 Å². The fourth-order valence-electron chi connectivity index (χ4n) is 2.60. The second-order valence-corrected chi connectivity index (χ2v) is 5.78. The van der Waals surface area contributed by atoms with Crippen molar-refractivity contribution in [2.45, 2.75) is 26.2 Å². The molecule has 0 bridgehead atoms. The smallest absolute Gasteiger partial charge is 0.236 e. The van der Waals surface area contributed by atoms with E-state index in [4.69, 9.17) is 15.7 Å². The molecule has 0 radical (unpaired) electrons. The van der Waals surface area contributed by atoms with Crippen LogP contribution in [0.1, 0.15) is 26.2 Å². The molecule has 1 aliphatic heterocycles. The lowest BCUT2D eigenvalue weighted by Gasteiger charge is -2.38. The van der Waals surface area contributed by atoms with Crippen LogP contribution in [0.25, 0.3) is 0 Å². The van der Waals surface area contributed by atoms with E-state index in [1.807, 2.05) is 30.8 Å². The minimum Gasteiger partial charge on any atom is -0.409 e. The van der Waals surface area contributed by atoms with E-state index in [2.05, 4.69) is 5.16 Å². The van der Waals surface area contributed by atoms with E-state index in [-0.39, 0.29) is 11.7 Å². The van der Waals surface area contributed by atoms with E-state index in [9.17, 15) is 4.79 Å². The van der Waals surface area contributed by atoms with E-state index >= 15 is 0 Å². The highest BCUT2D eigenvalue weighted by Gasteiger charge is 2.46. The number of hydrogen-bond acceptors (Lipinski definition) is 5. The number of ether oxygens (including phenoxy) is 1. The molecule has 1 rings (SSSR count). The minimum atomic E-state index is -0.922. The Morgan fingerprint density at radius 1 is 1.29 bits per heavy atom. The van der Waals surface area contributed by atoms with Crippen molar-refractivity contribution >= 4 is 11.7 Å². The molecule has 3 N–H and O–H groups in total. The van der Waals surface area contributed by atoms with Crippen LogP contribution >= 0.6 is 0 Å². The number of amides is 1. The van der Waals surface area contributed by atoms with Gasteiger partial charge in [-0.1, -0.05) is 12.1 Å². The predicted molar refractivity (Wildman–Crippen MR) is 81.3 cm³/mol. The zero-order chi connectivity index (χ0) is 15.9. The Bertz CT molecular complexity index is 365. The van der Waals surface area contributed by atoms with Crippen molar-refractivity contribution in [1.29, 1.82) is 0 Å². The molecular weight excluding hydrogens is 272 g/mol. The van der Waals surface area contributed by atoms with E-state index in [0.29, 0.717) is 39.1 Å². The van der Waals surface area contributed by atoms with Gasteiger partial charge in [-0.25, -0.2) is 0 Å². The summed E-state index contributed by atoms with van der Waals surface area (Å²) in [5.74, 6) is -0.0495. The van der Waals surface area contributed by atoms with Gasteiger partial charge in [0.25, 0.3) is 0 Å². The van der Waals surface area contributed by atoms with Crippen molar-refractivity contribution in [3.8, 4) is 0 Å². The zero-order valence-electron chi connectivity index (χ0n) is 13.3. The lowest BCUT2D eigenvalue weighted by molar-refractivity contribution is -0.142. The topological polar surface area (TPSA) is 91.4 Å². The molecule has 0 unspecified atom stereocenters. The van der Waals surface area contributed by atoms with Crippen LogP contribution in [0.5, 0.6) is 0 Å². The van der Waals surface area contributed by atoms with Crippen molar-refractivity contribution in [3.63, 3.8) is 0 Å². The molecule has 1 saturated heterocycles. The summed E-state index contributed by atoms with van der Waals surface area (Å²) in [5, 5.41) is 12.2. The van der Waals surface area contributed by atoms with Crippen LogP contribution in [0.3, 0.4) is 0 Å². The van der Waals surface area contributed by atoms with E-state index in [1.54, 1.807) is 0 Å². The summed E-state index contributed by atoms with van der Waals surface area (Å²) in [5.41, 5.74) is 4.94. The van der Waals surface area contributed by atoms with Gasteiger partial charge in [-0.3, -0.25) is 4.79 Å². The van der Waals surface area contributed by atoms with Crippen LogP contribution in [0, 0.1) is 5.41 Å². The van der Waals surface area contributed by atoms with Gasteiger partial charge < -0.3 is 25.5 Å². The first-order valence-electron chi connectivity index (χ1n) is 7.47. The Labute approximate surface area is 126 Å². The number of hydrogen-bond donors (Lipinski definition) is 2. The van der Waals surface area contributed by atoms with Gasteiger partial charge in [0, 0.05) is 32.8 Å². The summed E-state index contributed by atoms with van der Waals surface area (Å²) in [4.78, 5) is 16.9. The summed E-state index contributed by atoms with van der Waals surface area (Å²) in [6.07, 6.45) is 1.80. The maximum Gasteiger partial charge on any atom is 0.236 e. The van der Waals surface area contributed by atoms with Crippen molar-refractivity contribution in [3.05, 3.63) is 0 Å². The molecular formula is C14H28N4O3. The zero-order valence-corrected chi connectivity index (χ0v) is 13.3. The maximum absolute atomic E-state index is 13.0. The summed E-state index contributed by atoms with van der Waals surface area (Å²) < 4.78 is 5.34. The third-order valence-corrected chi connectivity index (χ3v) is 3.95. The Morgan fingerprint density at radius 2 is 1.90 bits per heavy atom. The Hall–Kier alpha value is -1.34. The molecule has 0 atom stereocenters. The SMILES string of the molecule is CCCN(CCN(C)C)C(=O)C1(C(N)=NO)CCOCC1. The Balaban J connectivity index is 2.94. The second kappa shape index (κ2) is 8.19. The Kier molecular flexibility index (Phi) is 6.91. The van der Waals surface area contributed by atoms with Gasteiger partial charge in [0.05, 0.1) is 0 Å². The predicted octanol–water partition coefficient (Wildman–Crippen LogP) is 0.330. The monoisotopic (exact) mass is 300 g/mol. The summed E-state index contributed by atoms with van der Waals surface area (Å²) in [7, 11) is 3.95. The van der Waals surface area contributed by atoms with Crippen LogP contribution < -0.4 is 5.73 Å². The molecule has 21 heavy (non-hydrogen) atoms. The molecule has 1 fully saturated rings. The molecule has 0 spiro atoms. The van der Waals surface area contributed by atoms with Crippen molar-refractivity contribution in [2.24, 2.45) is 16.3 Å². The van der Waals surface area contributed by atoms with Gasteiger partial charge in [-0.15, -0.1) is 0 Å². The van der Waals surface area contributed by atoms with Gasteiger partial charge >= 0.3 is 0 Å². The minimum absolute atomic E-state index is 0.00163. The van der Waals surface area contributed by atoms with Crippen LogP contribution in [0.2, 0.25) is 0 Å². The number of carbonyl (C=O) groups excluding carboxylic acids is 1. The van der Waals surface area contributed by atoms with Crippen molar-refractivity contribution in [2.75, 3.05) is 46.9 Å². The highest BCUT2D eigenvalue weighted by molar-refractivity contribution is 6.06. The van der Waals surface area contributed by atoms with Crippen LogP contribution in [-0.2, 0) is 9.53 Å². The molecule has 7 heteroatoms. The number of carbonyl (C=O) groups is 1. The van der Waals surface area contributed by atoms with Gasteiger partial charge in [0.1, 0.15) is 5.41 Å². The molecule has 1 aliphatic rings. The summed E-state index contributed by atoms with van der Waals surface area (Å²) in [6.45, 7) is 5.05. The lowest BCUT2D eigenvalue weighted by Crippen LogP contribution is -2.55. The number of likely N-dealkylation sites (N-methyl/N-ethyl adjacent to an activating group) is 1. The average molecular weight is 300 g/mol. The third-order valence-electron chi connectivity index (χ3n) is 3.95. The summed E-state index contributed by atoms with van der Waals surface area (Å²) >= 11 is 0. The fourth-order valence-corrected chi connectivity index (χ4v) is 2.60. The third kappa shape index (κ3) is 4.31. The second-order valence-electron chi connectivity index (χ2n) is 5.78. The molecule has 1 amide bonds. The molecule has 0 aromatic carbocycles. The number of nitrogens with two attached hydrogens (primary N) is 1. The Morgan fingerprint density at radius 3 is 2.38 bits per heavy atom. The summed E-state index contributed by atoms with van der Waals surface area (Å²) in [6, 6.07) is 0. The quantitative estimate of drug-likeness (QED) is 0.306. The van der Waals surface area contributed by atoms with Gasteiger partial charge in [0.2, 0.25) is 5.91 Å². The van der Waals surface area contributed by atoms with E-state index in [1.165, 1.54) is 0 Å². The highest BCUT2D eigenvalue weighted by atomic mass is 16.5. The number of oxime groups is 1. The fraction of sp³-hybridized carbons (Fsp3) is 0.857. The first-order valence-corrected chi connectivity index (χ1v) is 7.47. The van der Waals surface area contributed by atoms with Gasteiger partial charge in [-0.2, -0.15) is 0 Å². The molecule has 1 heterocycles. The van der Waals surface area contributed by atoms with E-state index < -0.39 is 5.41 Å². The first kappa shape index (κ1) is 17.7. The first-order chi connectivity index (χ1) is 9.97. The van der Waals surface area contributed by atoms with E-state index in [0.717, 1.165) is 13.0 Å². The van der Waals surface area contributed by atoms with Gasteiger partial charge in [0.15, 0.2) is 5.84 Å². The highest BCUT2D eigenvalue weighted by Crippen LogP contribution is 2.33. The maximum atomic E-state index is 13.0. The molecule has 0 aromatic heterocycles. The number of nitrogens with zero attached hydrogens (tertiary/aromatic N) is 3. The van der Waals surface area contributed by atoms with Crippen LogP contribution in [0.4, 0.5) is 0 Å². The van der Waals surface area contributed by atoms with Crippen molar-refractivity contribution < 1.29 is 14.7 Å². The molecule has 0 aliphatic carbocycles. The lowest BCUT2D eigenvalue weighted by atomic mass is 9.77. The molecule has 0 aromatic rings. The molecule has 0 saturated carbocycles. The molecule has 7 nitrogen and oxygen atoms in total.